The van der Waals surface area contributed by atoms with Crippen LogP contribution in [0.3, 0.4) is 0 Å². The maximum absolute atomic E-state index is 12.4. The summed E-state index contributed by atoms with van der Waals surface area (Å²) in [6.07, 6.45) is 0.753. The van der Waals surface area contributed by atoms with Crippen LogP contribution in [0.5, 0.6) is 0 Å². The number of rotatable bonds is 14. The Morgan fingerprint density at radius 2 is 1.96 bits per heavy atom. The van der Waals surface area contributed by atoms with Gasteiger partial charge in [0.2, 0.25) is 5.91 Å². The molecule has 0 heterocycles. The third-order valence-corrected chi connectivity index (χ3v) is 5.92. The quantitative estimate of drug-likeness (QED) is 0.0666. The monoisotopic (exact) mass is 382 g/mol. The number of nitrogens with two attached hydrogens (primary N) is 1. The number of carbonyl (C=O) groups is 1. The van der Waals surface area contributed by atoms with E-state index >= 15 is 0 Å². The third-order valence-electron chi connectivity index (χ3n) is 4.08. The van der Waals surface area contributed by atoms with Crippen LogP contribution in [-0.4, -0.2) is 74.3 Å². The zero-order valence-electron chi connectivity index (χ0n) is 16.1. The van der Waals surface area contributed by atoms with Crippen LogP contribution in [0.15, 0.2) is 0 Å². The van der Waals surface area contributed by atoms with E-state index in [-0.39, 0.29) is 17.9 Å². The van der Waals surface area contributed by atoms with E-state index in [2.05, 4.69) is 21.4 Å². The number of carbonyl (C=O) groups excluding carboxylic acids is 1. The largest absolute Gasteiger partial charge is 0.376 e. The predicted molar refractivity (Wildman–Crippen MR) is 102 cm³/mol. The number of hydrogen-bond donors (Lipinski definition) is 7. The van der Waals surface area contributed by atoms with Crippen molar-refractivity contribution < 1.29 is 19.3 Å². The van der Waals surface area contributed by atoms with Crippen molar-refractivity contribution in [2.24, 2.45) is 11.8 Å². The second-order valence-corrected chi connectivity index (χ2v) is 9.49. The Morgan fingerprint density at radius 1 is 1.32 bits per heavy atom. The van der Waals surface area contributed by atoms with Crippen LogP contribution in [0.2, 0.25) is 0 Å². The number of amides is 1. The van der Waals surface area contributed by atoms with E-state index in [1.165, 1.54) is 7.11 Å². The van der Waals surface area contributed by atoms with Crippen LogP contribution >= 0.6 is 7.72 Å². The molecule has 0 spiro atoms. The van der Waals surface area contributed by atoms with Crippen LogP contribution in [0.4, 0.5) is 0 Å². The first-order chi connectivity index (χ1) is 11.7. The Balaban J connectivity index is 4.70. The van der Waals surface area contributed by atoms with Gasteiger partial charge in [-0.3, -0.25) is 21.4 Å². The van der Waals surface area contributed by atoms with Crippen molar-refractivity contribution in [2.45, 2.75) is 45.0 Å². The maximum Gasteiger partial charge on any atom is 0.269 e. The Kier molecular flexibility index (Phi) is 12.7. The van der Waals surface area contributed by atoms with Gasteiger partial charge in [0.1, 0.15) is 19.1 Å². The van der Waals surface area contributed by atoms with Crippen molar-refractivity contribution in [3.8, 4) is 0 Å². The lowest BCUT2D eigenvalue weighted by atomic mass is 10.0. The van der Waals surface area contributed by atoms with Gasteiger partial charge in [0, 0.05) is 13.1 Å². The molecule has 0 aliphatic carbocycles. The fourth-order valence-corrected chi connectivity index (χ4v) is 3.15. The summed E-state index contributed by atoms with van der Waals surface area (Å²) in [6, 6.07) is -0.788. The molecule has 0 radical (unpaired) electrons. The minimum absolute atomic E-state index is 0.128. The maximum atomic E-state index is 12.4. The molecule has 0 saturated heterocycles. The number of hydrogen-bond acceptors (Lipinski definition) is 8. The van der Waals surface area contributed by atoms with Crippen molar-refractivity contribution in [3.63, 3.8) is 0 Å². The molecule has 10 heteroatoms. The first-order valence-electron chi connectivity index (χ1n) is 8.65. The molecular weight excluding hydrogens is 345 g/mol. The smallest absolute Gasteiger partial charge is 0.269 e. The standard InChI is InChI=1S/C15H36N5O4P/c1-11(2)13(17-3)15(22)20-12(7-6-8-19-16)14(21)18-9-10-25(5,23)24-4/h11-14,17-19,21,23H,6-10,16H2,1-5H3/p+1/t12-,13-,14?,25?/m0/s1. The summed E-state index contributed by atoms with van der Waals surface area (Å²) in [5, 5.41) is 19.3. The molecule has 0 aromatic heterocycles. The predicted octanol–water partition coefficient (Wildman–Crippen LogP) is -1.02. The normalized spacial score (nSPS) is 17.8. The fraction of sp³-hybridized carbons (Fsp3) is 0.933. The van der Waals surface area contributed by atoms with E-state index in [0.717, 1.165) is 0 Å². The molecule has 0 fully saturated rings. The highest BCUT2D eigenvalue weighted by Crippen LogP contribution is 2.49. The van der Waals surface area contributed by atoms with Gasteiger partial charge in [-0.2, -0.15) is 0 Å². The third kappa shape index (κ3) is 10.4. The number of nitrogens with one attached hydrogen (secondary N) is 4. The molecular formula is C15H37N5O4P+. The molecule has 8 N–H and O–H groups in total. The molecule has 0 aromatic carbocycles. The molecule has 0 bridgehead atoms. The van der Waals surface area contributed by atoms with Crippen molar-refractivity contribution >= 4 is 13.6 Å². The second kappa shape index (κ2) is 12.9. The van der Waals surface area contributed by atoms with Crippen molar-refractivity contribution in [1.29, 1.82) is 0 Å². The van der Waals surface area contributed by atoms with Crippen molar-refractivity contribution in [3.05, 3.63) is 0 Å². The number of likely N-dealkylation sites (N-methyl/N-ethyl adjacent to an activating group) is 1. The van der Waals surface area contributed by atoms with Gasteiger partial charge in [-0.1, -0.05) is 13.8 Å². The molecule has 0 aliphatic rings. The average molecular weight is 382 g/mol. The van der Waals surface area contributed by atoms with E-state index < -0.39 is 20.0 Å². The van der Waals surface area contributed by atoms with Crippen LogP contribution in [0, 0.1) is 5.92 Å². The van der Waals surface area contributed by atoms with Crippen LogP contribution in [0.25, 0.3) is 0 Å². The highest BCUT2D eigenvalue weighted by atomic mass is 31.2. The molecule has 0 aromatic rings. The summed E-state index contributed by atoms with van der Waals surface area (Å²) in [5.41, 5.74) is 2.57. The lowest BCUT2D eigenvalue weighted by Crippen LogP contribution is -2.55. The lowest BCUT2D eigenvalue weighted by molar-refractivity contribution is -0.125. The van der Waals surface area contributed by atoms with Crippen LogP contribution in [0.1, 0.15) is 26.7 Å². The summed E-state index contributed by atoms with van der Waals surface area (Å²) in [4.78, 5) is 22.4. The molecule has 4 atom stereocenters. The molecule has 0 aliphatic heterocycles. The summed E-state index contributed by atoms with van der Waals surface area (Å²) in [7, 11) is 0.813. The molecule has 9 nitrogen and oxygen atoms in total. The van der Waals surface area contributed by atoms with Gasteiger partial charge in [-0.25, -0.2) is 9.42 Å². The Bertz CT molecular complexity index is 374. The highest BCUT2D eigenvalue weighted by molar-refractivity contribution is 7.64. The van der Waals surface area contributed by atoms with E-state index in [1.807, 2.05) is 13.8 Å². The van der Waals surface area contributed by atoms with E-state index in [4.69, 9.17) is 10.4 Å². The van der Waals surface area contributed by atoms with E-state index in [0.29, 0.717) is 32.1 Å². The highest BCUT2D eigenvalue weighted by Gasteiger charge is 2.30. The van der Waals surface area contributed by atoms with Crippen molar-refractivity contribution in [2.75, 3.05) is 40.1 Å². The molecule has 0 saturated carbocycles. The average Bonchev–Trinajstić information content (AvgIpc) is 2.54. The molecule has 150 valence electrons. The first kappa shape index (κ1) is 24.6. The number of aliphatic hydroxyl groups excluding tert-OH is 1. The SMILES string of the molecule is CN[C@H](C(=O)N[C@@H](CCCNN)C(O)NCC[P+](C)(O)OC)C(C)C. The summed E-state index contributed by atoms with van der Waals surface area (Å²) >= 11 is 0. The number of hydrazine groups is 1. The Hall–Kier alpha value is -0.380. The summed E-state index contributed by atoms with van der Waals surface area (Å²) in [5.74, 6) is 5.26. The first-order valence-corrected chi connectivity index (χ1v) is 10.9. The van der Waals surface area contributed by atoms with Gasteiger partial charge in [-0.15, -0.1) is 0 Å². The summed E-state index contributed by atoms with van der Waals surface area (Å²) in [6.45, 7) is 6.55. The molecule has 2 unspecified atom stereocenters. The van der Waals surface area contributed by atoms with Gasteiger partial charge in [-0.05, 0) is 25.8 Å². The Labute approximate surface area is 151 Å². The minimum atomic E-state index is -2.39. The van der Waals surface area contributed by atoms with Crippen LogP contribution in [-0.2, 0) is 9.32 Å². The van der Waals surface area contributed by atoms with E-state index in [9.17, 15) is 14.8 Å². The lowest BCUT2D eigenvalue weighted by Gasteiger charge is -2.28. The topological polar surface area (TPSA) is 141 Å². The Morgan fingerprint density at radius 3 is 2.44 bits per heavy atom. The zero-order valence-corrected chi connectivity index (χ0v) is 17.0. The van der Waals surface area contributed by atoms with Gasteiger partial charge in [0.05, 0.1) is 19.2 Å². The van der Waals surface area contributed by atoms with Gasteiger partial charge in [0.25, 0.3) is 7.72 Å². The van der Waals surface area contributed by atoms with Crippen molar-refractivity contribution in [1.82, 2.24) is 21.4 Å². The molecule has 25 heavy (non-hydrogen) atoms. The van der Waals surface area contributed by atoms with Crippen LogP contribution < -0.4 is 27.2 Å². The second-order valence-electron chi connectivity index (χ2n) is 6.58. The minimum Gasteiger partial charge on any atom is -0.376 e. The molecule has 0 rings (SSSR count). The number of aliphatic hydroxyl groups is 1. The summed E-state index contributed by atoms with van der Waals surface area (Å²) < 4.78 is 5.04. The molecule has 1 amide bonds. The van der Waals surface area contributed by atoms with Gasteiger partial charge >= 0.3 is 0 Å². The van der Waals surface area contributed by atoms with E-state index in [1.54, 1.807) is 13.7 Å². The van der Waals surface area contributed by atoms with Gasteiger partial charge < -0.3 is 15.7 Å². The fourth-order valence-electron chi connectivity index (χ4n) is 2.43. The zero-order chi connectivity index (χ0) is 19.5. The van der Waals surface area contributed by atoms with Gasteiger partial charge in [0.15, 0.2) is 0 Å².